The predicted molar refractivity (Wildman–Crippen MR) is 81.8 cm³/mol. The van der Waals surface area contributed by atoms with E-state index >= 15 is 0 Å². The molecule has 2 rings (SSSR count). The van der Waals surface area contributed by atoms with E-state index in [0.29, 0.717) is 17.4 Å². The molecule has 0 aliphatic carbocycles. The SMILES string of the molecule is CC(C)(CO)CNc1cncc(-c2cccc(Cl)c2)n1. The number of anilines is 1. The summed E-state index contributed by atoms with van der Waals surface area (Å²) in [4.78, 5) is 8.69. The van der Waals surface area contributed by atoms with E-state index in [9.17, 15) is 5.11 Å². The third-order valence-corrected chi connectivity index (χ3v) is 3.17. The van der Waals surface area contributed by atoms with Gasteiger partial charge in [0.05, 0.1) is 18.1 Å². The van der Waals surface area contributed by atoms with Crippen molar-refractivity contribution in [2.45, 2.75) is 13.8 Å². The molecular formula is C15H18ClN3O. The lowest BCUT2D eigenvalue weighted by atomic mass is 9.95. The van der Waals surface area contributed by atoms with Crippen molar-refractivity contribution in [3.63, 3.8) is 0 Å². The molecule has 106 valence electrons. The van der Waals surface area contributed by atoms with Crippen LogP contribution in [-0.2, 0) is 0 Å². The average molecular weight is 292 g/mol. The van der Waals surface area contributed by atoms with Gasteiger partial charge in [-0.15, -0.1) is 0 Å². The summed E-state index contributed by atoms with van der Waals surface area (Å²) in [7, 11) is 0. The molecule has 0 aliphatic rings. The molecule has 0 spiro atoms. The van der Waals surface area contributed by atoms with E-state index in [1.165, 1.54) is 0 Å². The Morgan fingerprint density at radius 2 is 2.10 bits per heavy atom. The van der Waals surface area contributed by atoms with Crippen LogP contribution in [0.3, 0.4) is 0 Å². The van der Waals surface area contributed by atoms with Gasteiger partial charge in [-0.05, 0) is 12.1 Å². The number of rotatable bonds is 5. The Labute approximate surface area is 123 Å². The zero-order valence-corrected chi connectivity index (χ0v) is 12.4. The van der Waals surface area contributed by atoms with Crippen LogP contribution in [0.2, 0.25) is 5.02 Å². The summed E-state index contributed by atoms with van der Waals surface area (Å²) >= 11 is 5.98. The van der Waals surface area contributed by atoms with E-state index in [-0.39, 0.29) is 12.0 Å². The van der Waals surface area contributed by atoms with Crippen LogP contribution in [0, 0.1) is 5.41 Å². The average Bonchev–Trinajstić information content (AvgIpc) is 2.46. The van der Waals surface area contributed by atoms with Crippen LogP contribution in [0.1, 0.15) is 13.8 Å². The molecule has 0 bridgehead atoms. The quantitative estimate of drug-likeness (QED) is 0.888. The Hall–Kier alpha value is -1.65. The minimum absolute atomic E-state index is 0.113. The summed E-state index contributed by atoms with van der Waals surface area (Å²) in [5, 5.41) is 13.1. The van der Waals surface area contributed by atoms with E-state index in [0.717, 1.165) is 11.3 Å². The summed E-state index contributed by atoms with van der Waals surface area (Å²) < 4.78 is 0. The van der Waals surface area contributed by atoms with Gasteiger partial charge in [0, 0.05) is 29.2 Å². The topological polar surface area (TPSA) is 58.0 Å². The Morgan fingerprint density at radius 1 is 1.30 bits per heavy atom. The van der Waals surface area contributed by atoms with Crippen molar-refractivity contribution >= 4 is 17.4 Å². The van der Waals surface area contributed by atoms with Crippen LogP contribution < -0.4 is 5.32 Å². The third kappa shape index (κ3) is 3.92. The second-order valence-electron chi connectivity index (χ2n) is 5.48. The van der Waals surface area contributed by atoms with Gasteiger partial charge in [-0.3, -0.25) is 4.98 Å². The number of nitrogens with zero attached hydrogens (tertiary/aromatic N) is 2. The first-order valence-electron chi connectivity index (χ1n) is 6.43. The molecule has 0 aliphatic heterocycles. The summed E-state index contributed by atoms with van der Waals surface area (Å²) in [6.45, 7) is 4.70. The monoisotopic (exact) mass is 291 g/mol. The Balaban J connectivity index is 2.16. The smallest absolute Gasteiger partial charge is 0.145 e. The summed E-state index contributed by atoms with van der Waals surface area (Å²) in [5.41, 5.74) is 1.49. The second-order valence-corrected chi connectivity index (χ2v) is 5.91. The maximum Gasteiger partial charge on any atom is 0.145 e. The van der Waals surface area contributed by atoms with E-state index in [1.54, 1.807) is 12.4 Å². The van der Waals surface area contributed by atoms with Crippen molar-refractivity contribution in [2.75, 3.05) is 18.5 Å². The number of aliphatic hydroxyl groups excluding tert-OH is 1. The fraction of sp³-hybridized carbons (Fsp3) is 0.333. The fourth-order valence-corrected chi connectivity index (χ4v) is 1.81. The van der Waals surface area contributed by atoms with Crippen molar-refractivity contribution in [3.8, 4) is 11.3 Å². The van der Waals surface area contributed by atoms with Crippen LogP contribution in [0.25, 0.3) is 11.3 Å². The molecular weight excluding hydrogens is 274 g/mol. The van der Waals surface area contributed by atoms with Gasteiger partial charge in [-0.2, -0.15) is 0 Å². The van der Waals surface area contributed by atoms with Crippen molar-refractivity contribution in [1.29, 1.82) is 0 Å². The molecule has 0 saturated carbocycles. The van der Waals surface area contributed by atoms with Gasteiger partial charge in [-0.1, -0.05) is 37.6 Å². The summed E-state index contributed by atoms with van der Waals surface area (Å²) in [6, 6.07) is 7.50. The molecule has 20 heavy (non-hydrogen) atoms. The van der Waals surface area contributed by atoms with Crippen LogP contribution in [0.4, 0.5) is 5.82 Å². The van der Waals surface area contributed by atoms with E-state index in [1.807, 2.05) is 38.1 Å². The Bertz CT molecular complexity index is 587. The number of aliphatic hydroxyl groups is 1. The lowest BCUT2D eigenvalue weighted by Gasteiger charge is -2.22. The highest BCUT2D eigenvalue weighted by atomic mass is 35.5. The lowest BCUT2D eigenvalue weighted by molar-refractivity contribution is 0.170. The van der Waals surface area contributed by atoms with Crippen molar-refractivity contribution in [1.82, 2.24) is 9.97 Å². The molecule has 2 N–H and O–H groups in total. The van der Waals surface area contributed by atoms with Gasteiger partial charge in [0.2, 0.25) is 0 Å². The van der Waals surface area contributed by atoms with Crippen molar-refractivity contribution < 1.29 is 5.11 Å². The first kappa shape index (κ1) is 14.8. The van der Waals surface area contributed by atoms with Gasteiger partial charge in [0.15, 0.2) is 0 Å². The van der Waals surface area contributed by atoms with Gasteiger partial charge < -0.3 is 10.4 Å². The van der Waals surface area contributed by atoms with E-state index < -0.39 is 0 Å². The van der Waals surface area contributed by atoms with Crippen LogP contribution in [0.15, 0.2) is 36.7 Å². The van der Waals surface area contributed by atoms with Crippen molar-refractivity contribution in [2.24, 2.45) is 5.41 Å². The molecule has 0 amide bonds. The lowest BCUT2D eigenvalue weighted by Crippen LogP contribution is -2.27. The zero-order chi connectivity index (χ0) is 14.6. The maximum absolute atomic E-state index is 9.24. The van der Waals surface area contributed by atoms with Crippen molar-refractivity contribution in [3.05, 3.63) is 41.7 Å². The third-order valence-electron chi connectivity index (χ3n) is 2.93. The highest BCUT2D eigenvalue weighted by Gasteiger charge is 2.16. The minimum atomic E-state index is -0.201. The molecule has 0 atom stereocenters. The number of hydrogen-bond donors (Lipinski definition) is 2. The first-order chi connectivity index (χ1) is 9.50. The van der Waals surface area contributed by atoms with Gasteiger partial charge in [0.25, 0.3) is 0 Å². The highest BCUT2D eigenvalue weighted by Crippen LogP contribution is 2.22. The Kier molecular flexibility index (Phi) is 4.57. The van der Waals surface area contributed by atoms with Gasteiger partial charge in [0.1, 0.15) is 5.82 Å². The molecule has 4 nitrogen and oxygen atoms in total. The second kappa shape index (κ2) is 6.20. The molecule has 0 unspecified atom stereocenters. The standard InChI is InChI=1S/C15H18ClN3O/c1-15(2,10-20)9-18-14-8-17-7-13(19-14)11-4-3-5-12(16)6-11/h3-8,20H,9-10H2,1-2H3,(H,18,19). The van der Waals surface area contributed by atoms with Gasteiger partial charge in [-0.25, -0.2) is 4.98 Å². The molecule has 1 aromatic heterocycles. The summed E-state index contributed by atoms with van der Waals surface area (Å²) in [5.74, 6) is 0.684. The number of halogens is 1. The van der Waals surface area contributed by atoms with Gasteiger partial charge >= 0.3 is 0 Å². The number of aromatic nitrogens is 2. The van der Waals surface area contributed by atoms with Crippen LogP contribution in [0.5, 0.6) is 0 Å². The Morgan fingerprint density at radius 3 is 2.80 bits per heavy atom. The minimum Gasteiger partial charge on any atom is -0.396 e. The summed E-state index contributed by atoms with van der Waals surface area (Å²) in [6.07, 6.45) is 3.37. The van der Waals surface area contributed by atoms with Crippen LogP contribution >= 0.6 is 11.6 Å². The maximum atomic E-state index is 9.24. The van der Waals surface area contributed by atoms with Crippen LogP contribution in [-0.4, -0.2) is 28.2 Å². The molecule has 0 radical (unpaired) electrons. The number of hydrogen-bond acceptors (Lipinski definition) is 4. The van der Waals surface area contributed by atoms with E-state index in [2.05, 4.69) is 15.3 Å². The normalized spacial score (nSPS) is 11.4. The zero-order valence-electron chi connectivity index (χ0n) is 11.6. The number of nitrogens with one attached hydrogen (secondary N) is 1. The molecule has 0 saturated heterocycles. The first-order valence-corrected chi connectivity index (χ1v) is 6.81. The molecule has 1 heterocycles. The largest absolute Gasteiger partial charge is 0.396 e. The molecule has 0 fully saturated rings. The molecule has 1 aromatic carbocycles. The number of benzene rings is 1. The fourth-order valence-electron chi connectivity index (χ4n) is 1.62. The predicted octanol–water partition coefficient (Wildman–Crippen LogP) is 3.23. The molecule has 2 aromatic rings. The molecule has 5 heteroatoms. The highest BCUT2D eigenvalue weighted by molar-refractivity contribution is 6.30. The van der Waals surface area contributed by atoms with E-state index in [4.69, 9.17) is 11.6 Å².